The molecule has 196 valence electrons. The average molecular weight is 637 g/mol. The minimum Gasteiger partial charge on any atom is -1.00 e. The van der Waals surface area contributed by atoms with E-state index in [1.807, 2.05) is 24.3 Å². The molecule has 4 aromatic heterocycles. The number of thiocarbonyl (C=S) groups is 1. The molecule has 12 heteroatoms. The van der Waals surface area contributed by atoms with E-state index >= 15 is 0 Å². The Hall–Kier alpha value is -3.71. The minimum absolute atomic E-state index is 0. The van der Waals surface area contributed by atoms with Crippen LogP contribution in [0.3, 0.4) is 0 Å². The van der Waals surface area contributed by atoms with Gasteiger partial charge in [0.05, 0.1) is 26.5 Å². The lowest BCUT2D eigenvalue weighted by Crippen LogP contribution is -3.00. The maximum Gasteiger partial charge on any atom is 0.345 e. The predicted octanol–water partition coefficient (Wildman–Crippen LogP) is 1.13. The number of halogens is 1. The first kappa shape index (κ1) is 26.9. The zero-order valence-electron chi connectivity index (χ0n) is 21.0. The van der Waals surface area contributed by atoms with Gasteiger partial charge in [0.15, 0.2) is 11.4 Å². The molecular weight excluding hydrogens is 612 g/mol. The third-order valence-electron chi connectivity index (χ3n) is 6.22. The lowest BCUT2D eigenvalue weighted by atomic mass is 10.1. The zero-order chi connectivity index (χ0) is 26.1. The van der Waals surface area contributed by atoms with Crippen molar-refractivity contribution in [1.82, 2.24) is 20.0 Å². The van der Waals surface area contributed by atoms with E-state index in [1.165, 1.54) is 9.92 Å². The number of hydrazone groups is 2. The molecule has 0 radical (unpaired) electrons. The Bertz CT molecular complexity index is 1680. The van der Waals surface area contributed by atoms with Gasteiger partial charge in [-0.15, -0.1) is 0 Å². The summed E-state index contributed by atoms with van der Waals surface area (Å²) in [5.74, 6) is 0. The van der Waals surface area contributed by atoms with Gasteiger partial charge in [-0.05, 0) is 47.6 Å². The number of nitrogens with zero attached hydrogens (tertiary/aromatic N) is 6. The molecule has 39 heavy (non-hydrogen) atoms. The molecule has 0 atom stereocenters. The Labute approximate surface area is 249 Å². The van der Waals surface area contributed by atoms with Crippen molar-refractivity contribution in [3.8, 4) is 22.5 Å². The van der Waals surface area contributed by atoms with Crippen molar-refractivity contribution >= 4 is 62.4 Å². The van der Waals surface area contributed by atoms with Gasteiger partial charge in [0, 0.05) is 21.9 Å². The maximum atomic E-state index is 5.27. The highest BCUT2D eigenvalue weighted by Gasteiger charge is 2.17. The van der Waals surface area contributed by atoms with Gasteiger partial charge < -0.3 is 17.0 Å². The summed E-state index contributed by atoms with van der Waals surface area (Å²) < 4.78 is 8.66. The van der Waals surface area contributed by atoms with Crippen LogP contribution in [0, 0.1) is 0 Å². The van der Waals surface area contributed by atoms with Gasteiger partial charge in [-0.3, -0.25) is 10.9 Å². The van der Waals surface area contributed by atoms with Gasteiger partial charge >= 0.3 is 9.92 Å². The highest BCUT2D eigenvalue weighted by atomic mass is 79.9. The number of nitrogens with one attached hydrogen (secondary N) is 2. The highest BCUT2D eigenvalue weighted by Crippen LogP contribution is 2.22. The van der Waals surface area contributed by atoms with Crippen LogP contribution in [0.25, 0.3) is 32.4 Å². The van der Waals surface area contributed by atoms with Crippen LogP contribution in [0.5, 0.6) is 0 Å². The van der Waals surface area contributed by atoms with E-state index < -0.39 is 0 Å². The summed E-state index contributed by atoms with van der Waals surface area (Å²) in [7, 11) is 4.16. The number of aromatic nitrogens is 4. The summed E-state index contributed by atoms with van der Waals surface area (Å²) in [6.07, 6.45) is 11.9. The highest BCUT2D eigenvalue weighted by molar-refractivity contribution is 7.80. The Morgan fingerprint density at radius 3 is 1.54 bits per heavy atom. The first-order valence-corrected chi connectivity index (χ1v) is 13.9. The Morgan fingerprint density at radius 2 is 1.15 bits per heavy atom. The number of thiazole rings is 2. The fourth-order valence-corrected chi connectivity index (χ4v) is 6.00. The quantitative estimate of drug-likeness (QED) is 0.125. The van der Waals surface area contributed by atoms with Crippen LogP contribution in [-0.2, 0) is 14.1 Å². The normalized spacial score (nSPS) is 11.5. The molecule has 0 aliphatic heterocycles. The standard InChI is InChI=1S/C27H23N8S3.BrH/c1-32-23(17-34-11-13-37-26(32)34)21-7-3-19(4-8-21)15-28-30-25(36)31-29-16-20-5-9-22(10-6-20)24-18-35-12-14-38-27(35)33(24)2;/h3-18H,1-2H3,(H-,30,31,36);1H/q+1;/b28-15+,29-16+;. The van der Waals surface area contributed by atoms with Crippen LogP contribution < -0.4 is 36.6 Å². The molecule has 0 unspecified atom stereocenters. The van der Waals surface area contributed by atoms with Crippen LogP contribution in [0.4, 0.5) is 0 Å². The van der Waals surface area contributed by atoms with E-state index in [2.05, 4.69) is 113 Å². The molecule has 6 aromatic rings. The molecule has 8 nitrogen and oxygen atoms in total. The first-order chi connectivity index (χ1) is 18.6. The van der Waals surface area contributed by atoms with Crippen LogP contribution in [0.2, 0.25) is 0 Å². The second-order valence-corrected chi connectivity index (χ2v) is 10.8. The average Bonchev–Trinajstić information content (AvgIpc) is 3.70. The molecule has 0 amide bonds. The van der Waals surface area contributed by atoms with Crippen molar-refractivity contribution < 1.29 is 25.8 Å². The lowest BCUT2D eigenvalue weighted by Gasteiger charge is -2.02. The van der Waals surface area contributed by atoms with E-state index in [9.17, 15) is 0 Å². The van der Waals surface area contributed by atoms with E-state index in [0.29, 0.717) is 5.11 Å². The van der Waals surface area contributed by atoms with Crippen molar-refractivity contribution in [1.29, 1.82) is 0 Å². The summed E-state index contributed by atoms with van der Waals surface area (Å²) in [6, 6.07) is 16.5. The molecule has 0 fully saturated rings. The number of imidazole rings is 2. The Morgan fingerprint density at radius 1 is 0.744 bits per heavy atom. The largest absolute Gasteiger partial charge is 1.00 e. The van der Waals surface area contributed by atoms with Crippen molar-refractivity contribution in [3.63, 3.8) is 0 Å². The summed E-state index contributed by atoms with van der Waals surface area (Å²) in [4.78, 5) is 2.39. The molecule has 0 aliphatic rings. The number of hydrogen-bond donors (Lipinski definition) is 2. The fourth-order valence-electron chi connectivity index (χ4n) is 4.28. The van der Waals surface area contributed by atoms with E-state index in [-0.39, 0.29) is 17.0 Å². The van der Waals surface area contributed by atoms with Crippen LogP contribution >= 0.6 is 34.9 Å². The molecule has 6 rings (SSSR count). The lowest BCUT2D eigenvalue weighted by molar-refractivity contribution is -0.505. The maximum absolute atomic E-state index is 5.27. The number of fused-ring (bicyclic) bond motifs is 2. The van der Waals surface area contributed by atoms with Crippen molar-refractivity contribution in [3.05, 3.63) is 95.2 Å². The molecular formula is C27H24BrN8S3+. The van der Waals surface area contributed by atoms with Crippen LogP contribution in [-0.4, -0.2) is 26.7 Å². The van der Waals surface area contributed by atoms with Gasteiger partial charge in [0.1, 0.15) is 24.8 Å². The second-order valence-electron chi connectivity index (χ2n) is 8.65. The number of hydrogen-bond acceptors (Lipinski definition) is 5. The smallest absolute Gasteiger partial charge is 0.345 e. The first-order valence-electron chi connectivity index (χ1n) is 11.8. The van der Waals surface area contributed by atoms with Crippen molar-refractivity contribution in [2.45, 2.75) is 0 Å². The summed E-state index contributed by atoms with van der Waals surface area (Å²) in [6.45, 7) is 0. The minimum atomic E-state index is 0. The molecule has 2 aromatic carbocycles. The summed E-state index contributed by atoms with van der Waals surface area (Å²) in [5.41, 5.74) is 12.2. The molecule has 2 N–H and O–H groups in total. The van der Waals surface area contributed by atoms with E-state index in [4.69, 9.17) is 12.2 Å². The topological polar surface area (TPSA) is 66.8 Å². The molecule has 0 aliphatic carbocycles. The predicted molar refractivity (Wildman–Crippen MR) is 158 cm³/mol. The van der Waals surface area contributed by atoms with Crippen LogP contribution in [0.15, 0.2) is 94.3 Å². The number of benzene rings is 2. The third-order valence-corrected chi connectivity index (χ3v) is 8.31. The van der Waals surface area contributed by atoms with Gasteiger partial charge in [0.25, 0.3) is 0 Å². The molecule has 4 heterocycles. The van der Waals surface area contributed by atoms with E-state index in [1.54, 1.807) is 35.1 Å². The summed E-state index contributed by atoms with van der Waals surface area (Å²) in [5, 5.41) is 12.9. The van der Waals surface area contributed by atoms with Gasteiger partial charge in [-0.25, -0.2) is 9.13 Å². The number of aryl methyl sites for hydroxylation is 2. The van der Waals surface area contributed by atoms with Gasteiger partial charge in [0.2, 0.25) is 5.11 Å². The number of rotatable bonds is 6. The molecule has 0 spiro atoms. The van der Waals surface area contributed by atoms with Crippen molar-refractivity contribution in [2.75, 3.05) is 0 Å². The second kappa shape index (κ2) is 11.6. The SMILES string of the molecule is Cn1c(-c2ccc(/C=N/NC(=S)N/N=C/c3ccc(-c4c[n+]5ccsc5n4C)cc3)cc2)c[n+]2ccsc12.[Br-]. The molecule has 0 saturated heterocycles. The van der Waals surface area contributed by atoms with Gasteiger partial charge in [-0.2, -0.15) is 19.0 Å². The molecule has 0 bridgehead atoms. The molecule has 0 saturated carbocycles. The van der Waals surface area contributed by atoms with Gasteiger partial charge in [-0.1, -0.05) is 46.9 Å². The monoisotopic (exact) mass is 635 g/mol. The Balaban J connectivity index is 0.00000308. The fraction of sp³-hybridized carbons (Fsp3) is 0.0741. The Kier molecular flexibility index (Phi) is 7.98. The van der Waals surface area contributed by atoms with Crippen LogP contribution in [0.1, 0.15) is 11.1 Å². The third kappa shape index (κ3) is 5.55. The van der Waals surface area contributed by atoms with E-state index in [0.717, 1.165) is 33.6 Å². The summed E-state index contributed by atoms with van der Waals surface area (Å²) >= 11 is 8.71. The zero-order valence-corrected chi connectivity index (χ0v) is 25.1. The van der Waals surface area contributed by atoms with Crippen molar-refractivity contribution in [2.24, 2.45) is 24.3 Å².